The number of amides is 1. The van der Waals surface area contributed by atoms with Crippen LogP contribution in [0, 0.1) is 5.92 Å². The lowest BCUT2D eigenvalue weighted by Crippen LogP contribution is -2.42. The van der Waals surface area contributed by atoms with E-state index in [1.807, 2.05) is 0 Å². The summed E-state index contributed by atoms with van der Waals surface area (Å²) in [4.78, 5) is 16.0. The Morgan fingerprint density at radius 2 is 2.05 bits per heavy atom. The van der Waals surface area contributed by atoms with Crippen molar-refractivity contribution in [3.8, 4) is 0 Å². The van der Waals surface area contributed by atoms with Crippen LogP contribution in [0.25, 0.3) is 0 Å². The maximum absolute atomic E-state index is 11.6. The maximum atomic E-state index is 11.6. The molecule has 0 bridgehead atoms. The van der Waals surface area contributed by atoms with Gasteiger partial charge in [0.2, 0.25) is 11.8 Å². The van der Waals surface area contributed by atoms with Gasteiger partial charge in [-0.2, -0.15) is 4.98 Å². The first-order chi connectivity index (χ1) is 9.74. The lowest BCUT2D eigenvalue weighted by molar-refractivity contribution is -0.122. The number of carbonyl (C=O) groups is 1. The molecular weight excluding hydrogens is 256 g/mol. The summed E-state index contributed by atoms with van der Waals surface area (Å²) in [5.41, 5.74) is 5.52. The molecule has 6 heteroatoms. The minimum atomic E-state index is -0.198. The first kappa shape index (κ1) is 13.5. The minimum Gasteiger partial charge on any atom is -0.369 e. The van der Waals surface area contributed by atoms with Crippen LogP contribution in [-0.2, 0) is 11.3 Å². The molecule has 0 spiro atoms. The maximum Gasteiger partial charge on any atom is 0.229 e. The van der Waals surface area contributed by atoms with Gasteiger partial charge in [-0.1, -0.05) is 24.4 Å². The zero-order valence-corrected chi connectivity index (χ0v) is 11.7. The Bertz CT molecular complexity index is 469. The minimum absolute atomic E-state index is 0.0766. The van der Waals surface area contributed by atoms with Gasteiger partial charge in [-0.15, -0.1) is 0 Å². The fraction of sp³-hybridized carbons (Fsp3) is 0.786. The highest BCUT2D eigenvalue weighted by atomic mass is 16.5. The predicted octanol–water partition coefficient (Wildman–Crippen LogP) is 1.47. The Labute approximate surface area is 118 Å². The first-order valence-corrected chi connectivity index (χ1v) is 7.59. The average Bonchev–Trinajstić information content (AvgIpc) is 3.21. The molecule has 2 saturated carbocycles. The quantitative estimate of drug-likeness (QED) is 0.795. The predicted molar refractivity (Wildman–Crippen MR) is 72.7 cm³/mol. The van der Waals surface area contributed by atoms with Crippen molar-refractivity contribution >= 4 is 5.91 Å². The topological polar surface area (TPSA) is 94.0 Å². The molecule has 0 aromatic carbocycles. The third kappa shape index (κ3) is 3.17. The Kier molecular flexibility index (Phi) is 4.00. The Balaban J connectivity index is 1.57. The highest BCUT2D eigenvalue weighted by Gasteiger charge is 2.30. The van der Waals surface area contributed by atoms with Crippen molar-refractivity contribution in [2.75, 3.05) is 0 Å². The number of hydrogen-bond acceptors (Lipinski definition) is 5. The van der Waals surface area contributed by atoms with Crippen molar-refractivity contribution in [3.63, 3.8) is 0 Å². The van der Waals surface area contributed by atoms with Gasteiger partial charge < -0.3 is 15.6 Å². The summed E-state index contributed by atoms with van der Waals surface area (Å²) < 4.78 is 5.23. The summed E-state index contributed by atoms with van der Waals surface area (Å²) in [6.45, 7) is 0.546. The molecule has 2 aliphatic carbocycles. The van der Waals surface area contributed by atoms with Crippen LogP contribution in [0.15, 0.2) is 4.52 Å². The van der Waals surface area contributed by atoms with Crippen molar-refractivity contribution < 1.29 is 9.32 Å². The second-order valence-electron chi connectivity index (χ2n) is 5.96. The van der Waals surface area contributed by atoms with Crippen LogP contribution in [-0.4, -0.2) is 22.1 Å². The molecule has 2 aliphatic rings. The van der Waals surface area contributed by atoms with E-state index < -0.39 is 0 Å². The van der Waals surface area contributed by atoms with Crippen LogP contribution >= 0.6 is 0 Å². The summed E-state index contributed by atoms with van der Waals surface area (Å²) in [5, 5.41) is 7.39. The van der Waals surface area contributed by atoms with Crippen molar-refractivity contribution in [1.82, 2.24) is 15.5 Å². The number of nitrogens with zero attached hydrogens (tertiary/aromatic N) is 2. The molecule has 0 saturated heterocycles. The summed E-state index contributed by atoms with van der Waals surface area (Å²) >= 11 is 0. The van der Waals surface area contributed by atoms with E-state index in [-0.39, 0.29) is 17.9 Å². The monoisotopic (exact) mass is 278 g/mol. The third-order valence-electron chi connectivity index (χ3n) is 4.31. The molecular formula is C14H22N4O2. The SMILES string of the molecule is NC(=O)C1CCCCCC1NCc1noc(C2CC2)n1. The van der Waals surface area contributed by atoms with Crippen LogP contribution in [0.5, 0.6) is 0 Å². The van der Waals surface area contributed by atoms with Gasteiger partial charge in [0.15, 0.2) is 5.82 Å². The van der Waals surface area contributed by atoms with Gasteiger partial charge in [0, 0.05) is 12.0 Å². The van der Waals surface area contributed by atoms with E-state index in [0.29, 0.717) is 18.3 Å². The second kappa shape index (κ2) is 5.91. The van der Waals surface area contributed by atoms with E-state index in [4.69, 9.17) is 10.3 Å². The molecule has 6 nitrogen and oxygen atoms in total. The summed E-state index contributed by atoms with van der Waals surface area (Å²) in [6.07, 6.45) is 7.58. The molecule has 2 fully saturated rings. The molecule has 0 radical (unpaired) electrons. The fourth-order valence-electron chi connectivity index (χ4n) is 2.95. The Morgan fingerprint density at radius 1 is 1.25 bits per heavy atom. The van der Waals surface area contributed by atoms with Gasteiger partial charge >= 0.3 is 0 Å². The molecule has 1 aromatic heterocycles. The number of nitrogens with one attached hydrogen (secondary N) is 1. The van der Waals surface area contributed by atoms with Crippen LogP contribution < -0.4 is 11.1 Å². The van der Waals surface area contributed by atoms with E-state index in [9.17, 15) is 4.79 Å². The number of hydrogen-bond donors (Lipinski definition) is 2. The number of rotatable bonds is 5. The second-order valence-corrected chi connectivity index (χ2v) is 5.96. The zero-order valence-electron chi connectivity index (χ0n) is 11.7. The number of nitrogens with two attached hydrogens (primary N) is 1. The summed E-state index contributed by atoms with van der Waals surface area (Å²) in [5.74, 6) is 1.64. The van der Waals surface area contributed by atoms with Crippen molar-refractivity contribution in [1.29, 1.82) is 0 Å². The van der Waals surface area contributed by atoms with Gasteiger partial charge in [-0.05, 0) is 25.7 Å². The highest BCUT2D eigenvalue weighted by molar-refractivity contribution is 5.77. The van der Waals surface area contributed by atoms with E-state index in [1.165, 1.54) is 6.42 Å². The largest absolute Gasteiger partial charge is 0.369 e. The van der Waals surface area contributed by atoms with Crippen molar-refractivity contribution in [3.05, 3.63) is 11.7 Å². The van der Waals surface area contributed by atoms with Crippen molar-refractivity contribution in [2.24, 2.45) is 11.7 Å². The zero-order chi connectivity index (χ0) is 13.9. The number of primary amides is 1. The van der Waals surface area contributed by atoms with Crippen LogP contribution in [0.2, 0.25) is 0 Å². The molecule has 20 heavy (non-hydrogen) atoms. The van der Waals surface area contributed by atoms with Gasteiger partial charge in [-0.3, -0.25) is 4.79 Å². The fourth-order valence-corrected chi connectivity index (χ4v) is 2.95. The first-order valence-electron chi connectivity index (χ1n) is 7.59. The average molecular weight is 278 g/mol. The number of aromatic nitrogens is 2. The standard InChI is InChI=1S/C14H22N4O2/c15-13(19)10-4-2-1-3-5-11(10)16-8-12-17-14(20-18-12)9-6-7-9/h9-11,16H,1-8H2,(H2,15,19). The van der Waals surface area contributed by atoms with Crippen LogP contribution in [0.4, 0.5) is 0 Å². The van der Waals surface area contributed by atoms with Crippen molar-refractivity contribution in [2.45, 2.75) is 63.5 Å². The summed E-state index contributed by atoms with van der Waals surface area (Å²) in [6, 6.07) is 0.137. The van der Waals surface area contributed by atoms with Gasteiger partial charge in [0.1, 0.15) is 0 Å². The molecule has 2 unspecified atom stereocenters. The molecule has 1 aromatic rings. The lowest BCUT2D eigenvalue weighted by atomic mass is 9.94. The van der Waals surface area contributed by atoms with E-state index in [2.05, 4.69) is 15.5 Å². The molecule has 0 aliphatic heterocycles. The van der Waals surface area contributed by atoms with Gasteiger partial charge in [0.25, 0.3) is 0 Å². The number of carbonyl (C=O) groups excluding carboxylic acids is 1. The van der Waals surface area contributed by atoms with E-state index in [0.717, 1.165) is 44.4 Å². The van der Waals surface area contributed by atoms with E-state index in [1.54, 1.807) is 0 Å². The molecule has 3 rings (SSSR count). The molecule has 2 atom stereocenters. The molecule has 1 heterocycles. The van der Waals surface area contributed by atoms with Gasteiger partial charge in [0.05, 0.1) is 12.5 Å². The third-order valence-corrected chi connectivity index (χ3v) is 4.31. The Hall–Kier alpha value is -1.43. The van der Waals surface area contributed by atoms with Gasteiger partial charge in [-0.25, -0.2) is 0 Å². The molecule has 1 amide bonds. The normalized spacial score (nSPS) is 27.2. The molecule has 3 N–H and O–H groups in total. The smallest absolute Gasteiger partial charge is 0.229 e. The van der Waals surface area contributed by atoms with Crippen LogP contribution in [0.1, 0.15) is 62.6 Å². The Morgan fingerprint density at radius 3 is 2.80 bits per heavy atom. The highest BCUT2D eigenvalue weighted by Crippen LogP contribution is 2.38. The molecule has 110 valence electrons. The van der Waals surface area contributed by atoms with E-state index >= 15 is 0 Å². The lowest BCUT2D eigenvalue weighted by Gasteiger charge is -2.22. The summed E-state index contributed by atoms with van der Waals surface area (Å²) in [7, 11) is 0. The van der Waals surface area contributed by atoms with Crippen LogP contribution in [0.3, 0.4) is 0 Å².